The quantitative estimate of drug-likeness (QED) is 0.271. The second kappa shape index (κ2) is 9.23. The van der Waals surface area contributed by atoms with Gasteiger partial charge in [-0.25, -0.2) is 9.63 Å². The molecule has 7 nitrogen and oxygen atoms in total. The van der Waals surface area contributed by atoms with Gasteiger partial charge in [0.1, 0.15) is 0 Å². The Kier molecular flexibility index (Phi) is 6.48. The summed E-state index contributed by atoms with van der Waals surface area (Å²) < 4.78 is 35.2. The van der Waals surface area contributed by atoms with Crippen molar-refractivity contribution in [1.82, 2.24) is 4.83 Å². The van der Waals surface area contributed by atoms with E-state index in [1.54, 1.807) is 54.6 Å². The van der Waals surface area contributed by atoms with Crippen LogP contribution in [0.5, 0.6) is 11.5 Å². The van der Waals surface area contributed by atoms with Crippen molar-refractivity contribution in [2.24, 2.45) is 5.10 Å². The molecule has 0 aliphatic rings. The molecular weight excluding hydrogens is 404 g/mol. The summed E-state index contributed by atoms with van der Waals surface area (Å²) in [6.45, 7) is 1.87. The third-order valence-electron chi connectivity index (χ3n) is 4.12. The van der Waals surface area contributed by atoms with Gasteiger partial charge in [0, 0.05) is 0 Å². The van der Waals surface area contributed by atoms with Crippen molar-refractivity contribution >= 4 is 22.2 Å². The number of nitrogens with zero attached hydrogens (tertiary/aromatic N) is 1. The van der Waals surface area contributed by atoms with Crippen LogP contribution >= 0.6 is 0 Å². The van der Waals surface area contributed by atoms with Crippen LogP contribution in [0.15, 0.2) is 82.8 Å². The Morgan fingerprint density at radius 1 is 0.967 bits per heavy atom. The summed E-state index contributed by atoms with van der Waals surface area (Å²) in [6, 6.07) is 19.7. The maximum absolute atomic E-state index is 12.3. The number of sulfonamides is 1. The lowest BCUT2D eigenvalue weighted by Crippen LogP contribution is -2.18. The number of carbonyl (C=O) groups is 1. The molecule has 0 saturated heterocycles. The molecule has 0 aliphatic heterocycles. The lowest BCUT2D eigenvalue weighted by Gasteiger charge is -2.10. The molecule has 0 saturated carbocycles. The number of carbonyl (C=O) groups excluding carboxylic acids is 1. The predicted octanol–water partition coefficient (Wildman–Crippen LogP) is 3.54. The van der Waals surface area contributed by atoms with Gasteiger partial charge in [0.05, 0.1) is 23.8 Å². The van der Waals surface area contributed by atoms with Crippen LogP contribution in [-0.2, 0) is 10.0 Å². The van der Waals surface area contributed by atoms with Crippen molar-refractivity contribution in [3.63, 3.8) is 0 Å². The maximum Gasteiger partial charge on any atom is 0.343 e. The molecule has 3 aromatic carbocycles. The molecular formula is C22H20N2O5S. The van der Waals surface area contributed by atoms with E-state index in [1.807, 2.05) is 6.92 Å². The fraction of sp³-hybridized carbons (Fsp3) is 0.0909. The predicted molar refractivity (Wildman–Crippen MR) is 113 cm³/mol. The Labute approximate surface area is 175 Å². The Morgan fingerprint density at radius 3 is 2.33 bits per heavy atom. The van der Waals surface area contributed by atoms with Gasteiger partial charge in [-0.1, -0.05) is 35.9 Å². The van der Waals surface area contributed by atoms with E-state index in [-0.39, 0.29) is 10.6 Å². The molecule has 0 bridgehead atoms. The zero-order valence-corrected chi connectivity index (χ0v) is 17.2. The molecule has 0 spiro atoms. The van der Waals surface area contributed by atoms with E-state index in [0.717, 1.165) is 5.56 Å². The van der Waals surface area contributed by atoms with Crippen LogP contribution in [0.25, 0.3) is 0 Å². The van der Waals surface area contributed by atoms with Crippen LogP contribution in [0.1, 0.15) is 21.5 Å². The van der Waals surface area contributed by atoms with Crippen molar-refractivity contribution in [3.05, 3.63) is 89.5 Å². The van der Waals surface area contributed by atoms with E-state index in [4.69, 9.17) is 9.47 Å². The summed E-state index contributed by atoms with van der Waals surface area (Å²) in [7, 11) is -2.33. The first-order chi connectivity index (χ1) is 14.4. The highest BCUT2D eigenvalue weighted by Gasteiger charge is 2.14. The minimum Gasteiger partial charge on any atom is -0.493 e. The van der Waals surface area contributed by atoms with Crippen LogP contribution in [0.4, 0.5) is 0 Å². The minimum atomic E-state index is -3.78. The van der Waals surface area contributed by atoms with Gasteiger partial charge in [-0.05, 0) is 55.0 Å². The SMILES string of the molecule is COc1ccc(/C=N\NS(=O)(=O)c2ccc(C)cc2)cc1OC(=O)c1ccccc1. The van der Waals surface area contributed by atoms with E-state index >= 15 is 0 Å². The summed E-state index contributed by atoms with van der Waals surface area (Å²) in [4.78, 5) is 14.6. The molecule has 0 aromatic heterocycles. The van der Waals surface area contributed by atoms with Crippen molar-refractivity contribution in [2.75, 3.05) is 7.11 Å². The van der Waals surface area contributed by atoms with Crippen molar-refractivity contribution in [3.8, 4) is 11.5 Å². The Morgan fingerprint density at radius 2 is 1.67 bits per heavy atom. The first-order valence-corrected chi connectivity index (χ1v) is 10.4. The number of ether oxygens (including phenoxy) is 2. The number of methoxy groups -OCH3 is 1. The van der Waals surface area contributed by atoms with Gasteiger partial charge in [-0.3, -0.25) is 0 Å². The molecule has 3 aromatic rings. The van der Waals surface area contributed by atoms with E-state index in [2.05, 4.69) is 9.93 Å². The summed E-state index contributed by atoms with van der Waals surface area (Å²) in [5.74, 6) is 0.0106. The average Bonchev–Trinajstić information content (AvgIpc) is 2.75. The average molecular weight is 424 g/mol. The van der Waals surface area contributed by atoms with Gasteiger partial charge in [0.25, 0.3) is 10.0 Å². The zero-order valence-electron chi connectivity index (χ0n) is 16.4. The summed E-state index contributed by atoms with van der Waals surface area (Å²) >= 11 is 0. The number of esters is 1. The molecule has 0 atom stereocenters. The molecule has 0 radical (unpaired) electrons. The van der Waals surface area contributed by atoms with Gasteiger partial charge < -0.3 is 9.47 Å². The van der Waals surface area contributed by atoms with Gasteiger partial charge in [0.15, 0.2) is 11.5 Å². The largest absolute Gasteiger partial charge is 0.493 e. The Balaban J connectivity index is 1.75. The number of nitrogens with one attached hydrogen (secondary N) is 1. The number of benzene rings is 3. The smallest absolute Gasteiger partial charge is 0.343 e. The van der Waals surface area contributed by atoms with E-state index in [9.17, 15) is 13.2 Å². The molecule has 0 unspecified atom stereocenters. The van der Waals surface area contributed by atoms with Crippen molar-refractivity contribution in [2.45, 2.75) is 11.8 Å². The van der Waals surface area contributed by atoms with Crippen LogP contribution in [0, 0.1) is 6.92 Å². The van der Waals surface area contributed by atoms with Crippen LogP contribution in [0.2, 0.25) is 0 Å². The molecule has 0 heterocycles. The maximum atomic E-state index is 12.3. The number of hydrogen-bond acceptors (Lipinski definition) is 6. The molecule has 0 fully saturated rings. The molecule has 0 amide bonds. The van der Waals surface area contributed by atoms with Crippen molar-refractivity contribution < 1.29 is 22.7 Å². The molecule has 8 heteroatoms. The molecule has 3 rings (SSSR count). The second-order valence-corrected chi connectivity index (χ2v) is 7.99. The lowest BCUT2D eigenvalue weighted by atomic mass is 10.2. The van der Waals surface area contributed by atoms with Gasteiger partial charge in [-0.15, -0.1) is 0 Å². The normalized spacial score (nSPS) is 11.3. The second-order valence-electron chi connectivity index (χ2n) is 6.33. The molecule has 30 heavy (non-hydrogen) atoms. The fourth-order valence-electron chi connectivity index (χ4n) is 2.53. The third-order valence-corrected chi connectivity index (χ3v) is 5.36. The van der Waals surface area contributed by atoms with E-state index in [0.29, 0.717) is 16.9 Å². The number of rotatable bonds is 7. The lowest BCUT2D eigenvalue weighted by molar-refractivity contribution is 0.0729. The fourth-order valence-corrected chi connectivity index (χ4v) is 3.32. The molecule has 154 valence electrons. The highest BCUT2D eigenvalue weighted by Crippen LogP contribution is 2.28. The number of hydrogen-bond donors (Lipinski definition) is 1. The Bertz CT molecular complexity index is 1160. The van der Waals surface area contributed by atoms with Crippen LogP contribution in [-0.4, -0.2) is 27.7 Å². The first-order valence-electron chi connectivity index (χ1n) is 8.96. The third kappa shape index (κ3) is 5.24. The van der Waals surface area contributed by atoms with Crippen molar-refractivity contribution in [1.29, 1.82) is 0 Å². The molecule has 0 aliphatic carbocycles. The monoisotopic (exact) mass is 424 g/mol. The minimum absolute atomic E-state index is 0.109. The van der Waals surface area contributed by atoms with Crippen LogP contribution in [0.3, 0.4) is 0 Å². The number of hydrazone groups is 1. The summed E-state index contributed by atoms with van der Waals surface area (Å²) in [5, 5.41) is 3.80. The van der Waals surface area contributed by atoms with Gasteiger partial charge in [0.2, 0.25) is 0 Å². The first kappa shape index (κ1) is 21.1. The van der Waals surface area contributed by atoms with Gasteiger partial charge in [-0.2, -0.15) is 13.5 Å². The Hall–Kier alpha value is -3.65. The van der Waals surface area contributed by atoms with E-state index in [1.165, 1.54) is 31.5 Å². The number of aryl methyl sites for hydroxylation is 1. The van der Waals surface area contributed by atoms with Crippen LogP contribution < -0.4 is 14.3 Å². The highest BCUT2D eigenvalue weighted by molar-refractivity contribution is 7.89. The van der Waals surface area contributed by atoms with E-state index < -0.39 is 16.0 Å². The summed E-state index contributed by atoms with van der Waals surface area (Å²) in [6.07, 6.45) is 1.31. The standard InChI is InChI=1S/C22H20N2O5S/c1-16-8-11-19(12-9-16)30(26,27)24-23-15-17-10-13-20(28-2)21(14-17)29-22(25)18-6-4-3-5-7-18/h3-15,24H,1-2H3/b23-15-. The topological polar surface area (TPSA) is 94.1 Å². The highest BCUT2D eigenvalue weighted by atomic mass is 32.2. The molecule has 1 N–H and O–H groups in total. The van der Waals surface area contributed by atoms with Gasteiger partial charge >= 0.3 is 5.97 Å². The summed E-state index contributed by atoms with van der Waals surface area (Å²) in [5.41, 5.74) is 1.86. The zero-order chi connectivity index (χ0) is 21.6.